The summed E-state index contributed by atoms with van der Waals surface area (Å²) in [6, 6.07) is -0.471. The highest BCUT2D eigenvalue weighted by Gasteiger charge is 2.30. The molecule has 48 heavy (non-hydrogen) atoms. The maximum Gasteiger partial charge on any atom is 0.328 e. The molecule has 0 saturated heterocycles. The Morgan fingerprint density at radius 2 is 1.00 bits per heavy atom. The molecule has 0 saturated carbocycles. The topological polar surface area (TPSA) is 49.9 Å². The average molecular weight is 671 g/mol. The van der Waals surface area contributed by atoms with Gasteiger partial charge in [0.15, 0.2) is 0 Å². The minimum Gasteiger partial charge on any atom is -0.464 e. The molecule has 0 aliphatic heterocycles. The lowest BCUT2D eigenvalue weighted by atomic mass is 10.0. The summed E-state index contributed by atoms with van der Waals surface area (Å²) in [5.74, 6) is -0.122. The van der Waals surface area contributed by atoms with Crippen molar-refractivity contribution in [3.63, 3.8) is 0 Å². The molecule has 0 bridgehead atoms. The monoisotopic (exact) mass is 671 g/mol. The number of carbonyl (C=O) groups excluding carboxylic acids is 2. The Kier molecular flexibility index (Phi) is 34.5. The quantitative estimate of drug-likeness (QED) is 0.0388. The minimum absolute atomic E-state index is 0.113. The number of ether oxygens (including phenoxy) is 1. The Morgan fingerprint density at radius 1 is 0.542 bits per heavy atom. The standard InChI is InChI=1S/C43H78N2O3/c1-6-9-11-13-15-17-19-21-23-25-27-29-31-33-35-38-42(46)45(40-36-39-44(4)5)41(43(47)48-8-3)37-34-32-30-28-26-24-22-20-18-16-14-12-10-7-2/h15-18,21-24,41H,6-14,19-20,25-40H2,1-5H3/b17-15-,18-16-,23-21-,24-22-. The Bertz CT molecular complexity index is 845. The summed E-state index contributed by atoms with van der Waals surface area (Å²) in [5.41, 5.74) is 0. The van der Waals surface area contributed by atoms with E-state index in [0.29, 0.717) is 26.0 Å². The molecule has 0 spiro atoms. The minimum atomic E-state index is -0.471. The fourth-order valence-corrected chi connectivity index (χ4v) is 5.85. The van der Waals surface area contributed by atoms with Gasteiger partial charge in [0, 0.05) is 13.0 Å². The Balaban J connectivity index is 4.59. The van der Waals surface area contributed by atoms with Gasteiger partial charge in [0.25, 0.3) is 0 Å². The molecule has 0 fully saturated rings. The van der Waals surface area contributed by atoms with Crippen LogP contribution in [0.2, 0.25) is 0 Å². The van der Waals surface area contributed by atoms with Crippen molar-refractivity contribution in [1.29, 1.82) is 0 Å². The fourth-order valence-electron chi connectivity index (χ4n) is 5.85. The van der Waals surface area contributed by atoms with Gasteiger partial charge in [-0.05, 0) is 111 Å². The molecule has 0 radical (unpaired) electrons. The van der Waals surface area contributed by atoms with Crippen LogP contribution < -0.4 is 0 Å². The van der Waals surface area contributed by atoms with E-state index in [1.54, 1.807) is 0 Å². The van der Waals surface area contributed by atoms with Crippen molar-refractivity contribution in [3.05, 3.63) is 48.6 Å². The van der Waals surface area contributed by atoms with Gasteiger partial charge in [0.1, 0.15) is 6.04 Å². The van der Waals surface area contributed by atoms with Crippen molar-refractivity contribution in [2.45, 2.75) is 181 Å². The molecule has 0 N–H and O–H groups in total. The number of hydrogen-bond donors (Lipinski definition) is 0. The molecule has 278 valence electrons. The summed E-state index contributed by atoms with van der Waals surface area (Å²) in [7, 11) is 4.11. The van der Waals surface area contributed by atoms with Crippen molar-refractivity contribution in [2.75, 3.05) is 33.8 Å². The summed E-state index contributed by atoms with van der Waals surface area (Å²) in [4.78, 5) is 30.6. The van der Waals surface area contributed by atoms with Gasteiger partial charge < -0.3 is 14.5 Å². The molecule has 5 heteroatoms. The fraction of sp³-hybridized carbons (Fsp3) is 0.767. The van der Waals surface area contributed by atoms with Crippen LogP contribution in [-0.2, 0) is 14.3 Å². The predicted octanol–water partition coefficient (Wildman–Crippen LogP) is 11.9. The van der Waals surface area contributed by atoms with E-state index in [9.17, 15) is 9.59 Å². The van der Waals surface area contributed by atoms with Crippen molar-refractivity contribution >= 4 is 11.9 Å². The van der Waals surface area contributed by atoms with Gasteiger partial charge in [0.05, 0.1) is 6.61 Å². The zero-order valence-corrected chi connectivity index (χ0v) is 32.4. The van der Waals surface area contributed by atoms with Crippen LogP contribution in [0, 0.1) is 0 Å². The van der Waals surface area contributed by atoms with E-state index in [1.165, 1.54) is 70.6 Å². The smallest absolute Gasteiger partial charge is 0.328 e. The molecule has 0 rings (SSSR count). The van der Waals surface area contributed by atoms with Gasteiger partial charge in [-0.2, -0.15) is 0 Å². The van der Waals surface area contributed by atoms with E-state index >= 15 is 0 Å². The molecule has 5 nitrogen and oxygen atoms in total. The van der Waals surface area contributed by atoms with E-state index in [2.05, 4.69) is 81.5 Å². The first kappa shape index (κ1) is 45.9. The first-order valence-corrected chi connectivity index (χ1v) is 20.2. The SMILES string of the molecule is CCCCC/C=C\C/C=C\CCCCCCCC(=O)N(CCCN(C)C)C(CCCCCC/C=C\C/C=C\CCCCC)C(=O)OCC. The van der Waals surface area contributed by atoms with Gasteiger partial charge in [-0.1, -0.05) is 127 Å². The zero-order valence-electron chi connectivity index (χ0n) is 32.4. The number of hydrogen-bond acceptors (Lipinski definition) is 4. The summed E-state index contributed by atoms with van der Waals surface area (Å²) in [6.07, 6.45) is 44.8. The first-order chi connectivity index (χ1) is 23.5. The highest BCUT2D eigenvalue weighted by Crippen LogP contribution is 2.18. The second kappa shape index (κ2) is 36.1. The maximum absolute atomic E-state index is 13.5. The molecule has 0 aromatic carbocycles. The van der Waals surface area contributed by atoms with E-state index in [4.69, 9.17) is 4.74 Å². The van der Waals surface area contributed by atoms with Crippen LogP contribution in [0.25, 0.3) is 0 Å². The number of nitrogens with zero attached hydrogens (tertiary/aromatic N) is 2. The van der Waals surface area contributed by atoms with Crippen LogP contribution in [0.5, 0.6) is 0 Å². The molecular weight excluding hydrogens is 592 g/mol. The second-order valence-corrected chi connectivity index (χ2v) is 13.7. The van der Waals surface area contributed by atoms with Crippen LogP contribution in [-0.4, -0.2) is 61.5 Å². The summed E-state index contributed by atoms with van der Waals surface area (Å²) < 4.78 is 5.50. The third-order valence-corrected chi connectivity index (χ3v) is 8.78. The summed E-state index contributed by atoms with van der Waals surface area (Å²) >= 11 is 0. The van der Waals surface area contributed by atoms with Crippen molar-refractivity contribution in [1.82, 2.24) is 9.80 Å². The lowest BCUT2D eigenvalue weighted by Gasteiger charge is -2.31. The van der Waals surface area contributed by atoms with Crippen LogP contribution >= 0.6 is 0 Å². The molecule has 1 atom stereocenters. The van der Waals surface area contributed by atoms with Crippen molar-refractivity contribution < 1.29 is 14.3 Å². The lowest BCUT2D eigenvalue weighted by Crippen LogP contribution is -2.47. The number of carbonyl (C=O) groups is 2. The third-order valence-electron chi connectivity index (χ3n) is 8.78. The van der Waals surface area contributed by atoms with Gasteiger partial charge >= 0.3 is 5.97 Å². The van der Waals surface area contributed by atoms with E-state index < -0.39 is 6.04 Å². The van der Waals surface area contributed by atoms with Crippen molar-refractivity contribution in [2.24, 2.45) is 0 Å². The highest BCUT2D eigenvalue weighted by molar-refractivity contribution is 5.84. The molecular formula is C43H78N2O3. The van der Waals surface area contributed by atoms with Gasteiger partial charge in [0.2, 0.25) is 5.91 Å². The number of unbranched alkanes of at least 4 members (excludes halogenated alkanes) is 15. The van der Waals surface area contributed by atoms with Crippen LogP contribution in [0.4, 0.5) is 0 Å². The molecule has 0 aliphatic carbocycles. The number of rotatable bonds is 34. The van der Waals surface area contributed by atoms with Gasteiger partial charge in [-0.3, -0.25) is 4.79 Å². The Labute approximate surface area is 298 Å². The van der Waals surface area contributed by atoms with Crippen molar-refractivity contribution in [3.8, 4) is 0 Å². The van der Waals surface area contributed by atoms with E-state index in [1.807, 2.05) is 11.8 Å². The first-order valence-electron chi connectivity index (χ1n) is 20.2. The maximum atomic E-state index is 13.5. The largest absolute Gasteiger partial charge is 0.464 e. The molecule has 0 aromatic heterocycles. The summed E-state index contributed by atoms with van der Waals surface area (Å²) in [5, 5.41) is 0. The lowest BCUT2D eigenvalue weighted by molar-refractivity contribution is -0.155. The molecule has 0 aromatic rings. The molecule has 0 heterocycles. The number of amides is 1. The predicted molar refractivity (Wildman–Crippen MR) is 209 cm³/mol. The normalized spacial score (nSPS) is 12.8. The highest BCUT2D eigenvalue weighted by atomic mass is 16.5. The van der Waals surface area contributed by atoms with E-state index in [-0.39, 0.29) is 11.9 Å². The average Bonchev–Trinajstić information content (AvgIpc) is 3.07. The van der Waals surface area contributed by atoms with Gasteiger partial charge in [-0.15, -0.1) is 0 Å². The zero-order chi connectivity index (χ0) is 35.3. The number of allylic oxidation sites excluding steroid dienone is 8. The number of esters is 1. The van der Waals surface area contributed by atoms with Crippen LogP contribution in [0.1, 0.15) is 175 Å². The molecule has 0 aliphatic rings. The van der Waals surface area contributed by atoms with Crippen LogP contribution in [0.3, 0.4) is 0 Å². The molecule has 1 unspecified atom stereocenters. The van der Waals surface area contributed by atoms with E-state index in [0.717, 1.165) is 77.2 Å². The second-order valence-electron chi connectivity index (χ2n) is 13.7. The van der Waals surface area contributed by atoms with Gasteiger partial charge in [-0.25, -0.2) is 4.79 Å². The molecule has 1 amide bonds. The Morgan fingerprint density at radius 3 is 1.48 bits per heavy atom. The third kappa shape index (κ3) is 30.0. The Hall–Kier alpha value is -2.14. The van der Waals surface area contributed by atoms with Crippen LogP contribution in [0.15, 0.2) is 48.6 Å². The summed E-state index contributed by atoms with van der Waals surface area (Å²) in [6.45, 7) is 8.20.